The molecule has 3 nitrogen and oxygen atoms in total. The van der Waals surface area contributed by atoms with E-state index in [2.05, 4.69) is 84.2 Å². The first-order chi connectivity index (χ1) is 11.6. The van der Waals surface area contributed by atoms with E-state index in [0.29, 0.717) is 19.8 Å². The normalized spacial score (nSPS) is 11.9. The minimum atomic E-state index is -2.87. The van der Waals surface area contributed by atoms with Gasteiger partial charge in [-0.2, -0.15) is 0 Å². The molecule has 0 spiro atoms. The predicted octanol–water partition coefficient (Wildman–Crippen LogP) is 5.49. The van der Waals surface area contributed by atoms with E-state index in [9.17, 15) is 0 Å². The van der Waals surface area contributed by atoms with Gasteiger partial charge in [-0.3, -0.25) is 0 Å². The fraction of sp³-hybridized carbons (Fsp3) is 0.667. The number of unbranched alkanes of at least 4 members (excludes halogenated alkanes) is 3. The fourth-order valence-corrected chi connectivity index (χ4v) is 6.92. The molecule has 0 aromatic heterocycles. The number of benzene rings is 1. The third-order valence-electron chi connectivity index (χ3n) is 3.63. The molecule has 0 unspecified atom stereocenters. The van der Waals surface area contributed by atoms with Gasteiger partial charge in [0.2, 0.25) is 0 Å². The van der Waals surface area contributed by atoms with Gasteiger partial charge in [-0.25, -0.2) is 0 Å². The van der Waals surface area contributed by atoms with Gasteiger partial charge in [-0.05, 0) is 82.6 Å². The van der Waals surface area contributed by atoms with Crippen molar-refractivity contribution in [3.8, 4) is 0 Å². The van der Waals surface area contributed by atoms with Crippen molar-refractivity contribution in [3.05, 3.63) is 25.3 Å². The Morgan fingerprint density at radius 2 is 1.25 bits per heavy atom. The summed E-state index contributed by atoms with van der Waals surface area (Å²) in [6, 6.07) is 6.43. The standard InChI is InChI=1S/C18H30I2O3Si/c1-4-7-12-21-24(22-13-8-5-2,23-14-9-6-3)18-15-16(19)10-11-17(18)20/h10-11,15H,4-9,12-14H2,1-3H3. The van der Waals surface area contributed by atoms with Crippen molar-refractivity contribution in [2.75, 3.05) is 19.8 Å². The van der Waals surface area contributed by atoms with Gasteiger partial charge in [0.05, 0.1) is 0 Å². The number of hydrogen-bond donors (Lipinski definition) is 0. The van der Waals surface area contributed by atoms with Crippen molar-refractivity contribution in [1.29, 1.82) is 0 Å². The molecular formula is C18H30I2O3Si. The summed E-state index contributed by atoms with van der Waals surface area (Å²) < 4.78 is 21.5. The molecule has 1 aromatic rings. The highest BCUT2D eigenvalue weighted by Crippen LogP contribution is 2.19. The Morgan fingerprint density at radius 3 is 1.67 bits per heavy atom. The molecule has 0 aliphatic heterocycles. The van der Waals surface area contributed by atoms with E-state index in [-0.39, 0.29) is 0 Å². The molecule has 0 bridgehead atoms. The zero-order chi connectivity index (χ0) is 17.8. The molecule has 1 aromatic carbocycles. The highest BCUT2D eigenvalue weighted by atomic mass is 127. The molecule has 6 heteroatoms. The van der Waals surface area contributed by atoms with E-state index in [1.807, 2.05) is 0 Å². The summed E-state index contributed by atoms with van der Waals surface area (Å²) in [7, 11) is -2.87. The average Bonchev–Trinajstić information content (AvgIpc) is 2.57. The van der Waals surface area contributed by atoms with Crippen LogP contribution in [-0.4, -0.2) is 28.6 Å². The second kappa shape index (κ2) is 13.0. The third-order valence-corrected chi connectivity index (χ3v) is 8.57. The van der Waals surface area contributed by atoms with Crippen molar-refractivity contribution in [1.82, 2.24) is 0 Å². The lowest BCUT2D eigenvalue weighted by molar-refractivity contribution is 0.0698. The van der Waals surface area contributed by atoms with Gasteiger partial charge in [-0.15, -0.1) is 0 Å². The molecule has 0 amide bonds. The fourth-order valence-electron chi connectivity index (χ4n) is 2.14. The van der Waals surface area contributed by atoms with Crippen molar-refractivity contribution in [2.24, 2.45) is 0 Å². The van der Waals surface area contributed by atoms with Crippen molar-refractivity contribution < 1.29 is 13.3 Å². The average molecular weight is 576 g/mol. The second-order valence-electron chi connectivity index (χ2n) is 5.79. The van der Waals surface area contributed by atoms with Crippen LogP contribution in [0.2, 0.25) is 0 Å². The summed E-state index contributed by atoms with van der Waals surface area (Å²) in [4.78, 5) is 0. The number of hydrogen-bond acceptors (Lipinski definition) is 3. The summed E-state index contributed by atoms with van der Waals surface area (Å²) in [6.45, 7) is 8.63. The lowest BCUT2D eigenvalue weighted by Gasteiger charge is -2.31. The summed E-state index contributed by atoms with van der Waals surface area (Å²) >= 11 is 4.73. The Kier molecular flexibility index (Phi) is 12.4. The van der Waals surface area contributed by atoms with Crippen LogP contribution in [0.25, 0.3) is 0 Å². The number of halogens is 2. The summed E-state index contributed by atoms with van der Waals surface area (Å²) in [6.07, 6.45) is 6.42. The lowest BCUT2D eigenvalue weighted by atomic mass is 10.4. The zero-order valence-electron chi connectivity index (χ0n) is 15.1. The molecule has 0 fully saturated rings. The Bertz CT molecular complexity index is 445. The van der Waals surface area contributed by atoms with Crippen LogP contribution in [0.4, 0.5) is 0 Å². The van der Waals surface area contributed by atoms with Gasteiger partial charge in [0.1, 0.15) is 0 Å². The van der Waals surface area contributed by atoms with Crippen molar-refractivity contribution in [3.63, 3.8) is 0 Å². The molecule has 138 valence electrons. The van der Waals surface area contributed by atoms with Crippen molar-refractivity contribution in [2.45, 2.75) is 59.3 Å². The van der Waals surface area contributed by atoms with Gasteiger partial charge >= 0.3 is 8.80 Å². The summed E-state index contributed by atoms with van der Waals surface area (Å²) in [5.41, 5.74) is 0. The highest BCUT2D eigenvalue weighted by molar-refractivity contribution is 14.1. The molecule has 0 atom stereocenters. The van der Waals surface area contributed by atoms with Gasteiger partial charge in [0, 0.05) is 32.1 Å². The lowest BCUT2D eigenvalue weighted by Crippen LogP contribution is -2.58. The van der Waals surface area contributed by atoms with Crippen LogP contribution in [0.3, 0.4) is 0 Å². The van der Waals surface area contributed by atoms with Gasteiger partial charge < -0.3 is 13.3 Å². The SMILES string of the molecule is CCCCO[Si](OCCCC)(OCCCC)c1cc(I)ccc1I. The molecule has 0 aliphatic rings. The first-order valence-corrected chi connectivity index (χ1v) is 12.8. The van der Waals surface area contributed by atoms with E-state index < -0.39 is 8.80 Å². The van der Waals surface area contributed by atoms with E-state index in [0.717, 1.165) is 43.7 Å². The van der Waals surface area contributed by atoms with Crippen LogP contribution >= 0.6 is 45.2 Å². The largest absolute Gasteiger partial charge is 0.538 e. The Hall–Kier alpha value is 0.777. The Labute approximate surface area is 175 Å². The molecule has 0 heterocycles. The monoisotopic (exact) mass is 576 g/mol. The van der Waals surface area contributed by atoms with Crippen LogP contribution in [0.15, 0.2) is 18.2 Å². The topological polar surface area (TPSA) is 27.7 Å². The molecule has 24 heavy (non-hydrogen) atoms. The molecule has 0 saturated heterocycles. The minimum absolute atomic E-state index is 0.697. The van der Waals surface area contributed by atoms with Crippen LogP contribution in [0.5, 0.6) is 0 Å². The Morgan fingerprint density at radius 1 is 0.792 bits per heavy atom. The predicted molar refractivity (Wildman–Crippen MR) is 120 cm³/mol. The van der Waals surface area contributed by atoms with Crippen LogP contribution < -0.4 is 5.19 Å². The summed E-state index contributed by atoms with van der Waals surface area (Å²) in [5, 5.41) is 1.12. The highest BCUT2D eigenvalue weighted by Gasteiger charge is 2.45. The number of rotatable bonds is 13. The van der Waals surface area contributed by atoms with E-state index in [1.54, 1.807) is 0 Å². The van der Waals surface area contributed by atoms with E-state index in [4.69, 9.17) is 13.3 Å². The van der Waals surface area contributed by atoms with Crippen LogP contribution in [0, 0.1) is 7.14 Å². The first-order valence-electron chi connectivity index (χ1n) is 8.97. The molecular weight excluding hydrogens is 546 g/mol. The molecule has 0 saturated carbocycles. The van der Waals surface area contributed by atoms with Gasteiger partial charge in [-0.1, -0.05) is 40.0 Å². The maximum atomic E-state index is 6.37. The summed E-state index contributed by atoms with van der Waals surface area (Å²) in [5.74, 6) is 0. The maximum absolute atomic E-state index is 6.37. The molecule has 0 N–H and O–H groups in total. The van der Waals surface area contributed by atoms with Gasteiger partial charge in [0.25, 0.3) is 0 Å². The zero-order valence-corrected chi connectivity index (χ0v) is 20.4. The van der Waals surface area contributed by atoms with E-state index in [1.165, 1.54) is 7.14 Å². The Balaban J connectivity index is 3.11. The molecule has 0 aliphatic carbocycles. The molecule has 0 radical (unpaired) electrons. The second-order valence-corrected chi connectivity index (χ2v) is 10.7. The van der Waals surface area contributed by atoms with Crippen LogP contribution in [-0.2, 0) is 13.3 Å². The minimum Gasteiger partial charge on any atom is -0.370 e. The quantitative estimate of drug-likeness (QED) is 0.177. The van der Waals surface area contributed by atoms with Crippen LogP contribution in [0.1, 0.15) is 59.3 Å². The van der Waals surface area contributed by atoms with E-state index >= 15 is 0 Å². The van der Waals surface area contributed by atoms with Crippen molar-refractivity contribution >= 4 is 59.2 Å². The maximum Gasteiger partial charge on any atom is 0.538 e. The third kappa shape index (κ3) is 7.57. The first kappa shape index (κ1) is 22.8. The van der Waals surface area contributed by atoms with Gasteiger partial charge in [0.15, 0.2) is 0 Å². The smallest absolute Gasteiger partial charge is 0.370 e. The molecule has 1 rings (SSSR count).